The van der Waals surface area contributed by atoms with Gasteiger partial charge < -0.3 is 19.3 Å². The lowest BCUT2D eigenvalue weighted by Gasteiger charge is -2.13. The van der Waals surface area contributed by atoms with Crippen LogP contribution in [0.4, 0.5) is 0 Å². The summed E-state index contributed by atoms with van der Waals surface area (Å²) in [4.78, 5) is 11.2. The van der Waals surface area contributed by atoms with Crippen LogP contribution in [0.15, 0.2) is 36.4 Å². The number of carbonyl (C=O) groups is 1. The van der Waals surface area contributed by atoms with E-state index in [9.17, 15) is 9.90 Å². The number of aromatic carboxylic acids is 1. The average Bonchev–Trinajstić information content (AvgIpc) is 3.00. The third kappa shape index (κ3) is 3.23. The van der Waals surface area contributed by atoms with E-state index in [4.69, 9.17) is 14.2 Å². The normalized spacial score (nSPS) is 12.2. The Hall–Kier alpha value is -2.69. The molecule has 0 fully saturated rings. The summed E-state index contributed by atoms with van der Waals surface area (Å²) < 4.78 is 16.6. The van der Waals surface area contributed by atoms with Gasteiger partial charge in [-0.15, -0.1) is 0 Å². The van der Waals surface area contributed by atoms with Crippen molar-refractivity contribution in [2.24, 2.45) is 0 Å². The van der Waals surface area contributed by atoms with Crippen LogP contribution in [0.2, 0.25) is 0 Å². The Morgan fingerprint density at radius 3 is 2.57 bits per heavy atom. The van der Waals surface area contributed by atoms with Gasteiger partial charge in [0.15, 0.2) is 11.5 Å². The Kier molecular flexibility index (Phi) is 4.37. The monoisotopic (exact) mass is 314 g/mol. The van der Waals surface area contributed by atoms with Gasteiger partial charge in [-0.1, -0.05) is 25.5 Å². The molecular weight excluding hydrogens is 296 g/mol. The van der Waals surface area contributed by atoms with Gasteiger partial charge in [-0.25, -0.2) is 4.79 Å². The van der Waals surface area contributed by atoms with E-state index in [1.165, 1.54) is 6.07 Å². The van der Waals surface area contributed by atoms with Gasteiger partial charge in [0.1, 0.15) is 17.9 Å². The Morgan fingerprint density at radius 2 is 1.87 bits per heavy atom. The maximum Gasteiger partial charge on any atom is 0.339 e. The topological polar surface area (TPSA) is 65.0 Å². The molecule has 2 aromatic carbocycles. The van der Waals surface area contributed by atoms with Crippen molar-refractivity contribution in [2.45, 2.75) is 26.4 Å². The molecule has 0 aliphatic carbocycles. The van der Waals surface area contributed by atoms with E-state index in [0.29, 0.717) is 11.5 Å². The molecule has 2 aromatic rings. The molecule has 1 aliphatic heterocycles. The summed E-state index contributed by atoms with van der Waals surface area (Å²) in [6.45, 7) is 2.62. The average molecular weight is 314 g/mol. The predicted octanol–water partition coefficient (Wildman–Crippen LogP) is 3.65. The first kappa shape index (κ1) is 15.2. The van der Waals surface area contributed by atoms with Crippen molar-refractivity contribution in [2.75, 3.05) is 6.79 Å². The van der Waals surface area contributed by atoms with Crippen LogP contribution in [0.3, 0.4) is 0 Å². The van der Waals surface area contributed by atoms with Crippen LogP contribution in [0.25, 0.3) is 0 Å². The summed E-state index contributed by atoms with van der Waals surface area (Å²) >= 11 is 0. The third-order valence-corrected chi connectivity index (χ3v) is 3.71. The van der Waals surface area contributed by atoms with Crippen molar-refractivity contribution < 1.29 is 24.1 Å². The third-order valence-electron chi connectivity index (χ3n) is 3.71. The number of para-hydroxylation sites is 1. The SMILES string of the molecule is CCCc1cc2c(cc1COc1ccccc1C(=O)O)OCO2. The maximum absolute atomic E-state index is 11.2. The zero-order valence-electron chi connectivity index (χ0n) is 12.9. The van der Waals surface area contributed by atoms with Crippen LogP contribution in [-0.4, -0.2) is 17.9 Å². The molecule has 1 aliphatic rings. The Bertz CT molecular complexity index is 723. The first-order valence-electron chi connectivity index (χ1n) is 7.55. The van der Waals surface area contributed by atoms with Crippen LogP contribution < -0.4 is 14.2 Å². The minimum absolute atomic E-state index is 0.158. The fraction of sp³-hybridized carbons (Fsp3) is 0.278. The standard InChI is InChI=1S/C18H18O5/c1-2-5-12-8-16-17(23-11-22-16)9-13(12)10-21-15-7-4-3-6-14(15)18(19)20/h3-4,6-9H,2,5,10-11H2,1H3,(H,19,20). The second-order valence-corrected chi connectivity index (χ2v) is 5.31. The molecule has 0 aromatic heterocycles. The number of hydrogen-bond donors (Lipinski definition) is 1. The van der Waals surface area contributed by atoms with Crippen molar-refractivity contribution in [1.82, 2.24) is 0 Å². The highest BCUT2D eigenvalue weighted by Crippen LogP contribution is 2.35. The van der Waals surface area contributed by atoms with Crippen LogP contribution in [0.1, 0.15) is 34.8 Å². The quantitative estimate of drug-likeness (QED) is 0.881. The van der Waals surface area contributed by atoms with Crippen molar-refractivity contribution in [3.8, 4) is 17.2 Å². The molecule has 120 valence electrons. The molecule has 23 heavy (non-hydrogen) atoms. The number of rotatable bonds is 6. The van der Waals surface area contributed by atoms with Crippen LogP contribution in [0.5, 0.6) is 17.2 Å². The van der Waals surface area contributed by atoms with Gasteiger partial charge in [-0.05, 0) is 41.8 Å². The van der Waals surface area contributed by atoms with Crippen LogP contribution >= 0.6 is 0 Å². The van der Waals surface area contributed by atoms with Gasteiger partial charge in [0, 0.05) is 0 Å². The summed E-state index contributed by atoms with van der Waals surface area (Å²) in [5.41, 5.74) is 2.27. The number of fused-ring (bicyclic) bond motifs is 1. The summed E-state index contributed by atoms with van der Waals surface area (Å²) in [6, 6.07) is 10.5. The minimum atomic E-state index is -1.000. The molecule has 3 rings (SSSR count). The number of benzene rings is 2. The van der Waals surface area contributed by atoms with E-state index in [1.807, 2.05) is 12.1 Å². The van der Waals surface area contributed by atoms with Crippen LogP contribution in [-0.2, 0) is 13.0 Å². The highest BCUT2D eigenvalue weighted by atomic mass is 16.7. The molecule has 5 heteroatoms. The second kappa shape index (κ2) is 6.60. The zero-order valence-corrected chi connectivity index (χ0v) is 12.9. The highest BCUT2D eigenvalue weighted by molar-refractivity contribution is 5.90. The number of hydrogen-bond acceptors (Lipinski definition) is 4. The minimum Gasteiger partial charge on any atom is -0.488 e. The van der Waals surface area contributed by atoms with Crippen molar-refractivity contribution in [3.05, 3.63) is 53.1 Å². The summed E-state index contributed by atoms with van der Waals surface area (Å²) in [7, 11) is 0. The molecule has 0 saturated carbocycles. The smallest absolute Gasteiger partial charge is 0.339 e. The van der Waals surface area contributed by atoms with E-state index >= 15 is 0 Å². The summed E-state index contributed by atoms with van der Waals surface area (Å²) in [5.74, 6) is 0.818. The van der Waals surface area contributed by atoms with Crippen molar-refractivity contribution >= 4 is 5.97 Å². The molecule has 0 spiro atoms. The first-order chi connectivity index (χ1) is 11.2. The molecule has 0 atom stereocenters. The van der Waals surface area contributed by atoms with Gasteiger partial charge >= 0.3 is 5.97 Å². The van der Waals surface area contributed by atoms with Gasteiger partial charge in [-0.2, -0.15) is 0 Å². The fourth-order valence-electron chi connectivity index (χ4n) is 2.59. The zero-order chi connectivity index (χ0) is 16.2. The van der Waals surface area contributed by atoms with Gasteiger partial charge in [-0.3, -0.25) is 0 Å². The van der Waals surface area contributed by atoms with E-state index in [1.54, 1.807) is 18.2 Å². The van der Waals surface area contributed by atoms with E-state index < -0.39 is 5.97 Å². The Balaban J connectivity index is 1.84. The van der Waals surface area contributed by atoms with Crippen molar-refractivity contribution in [3.63, 3.8) is 0 Å². The van der Waals surface area contributed by atoms with E-state index in [-0.39, 0.29) is 19.0 Å². The molecule has 0 radical (unpaired) electrons. The fourth-order valence-corrected chi connectivity index (χ4v) is 2.59. The molecule has 0 bridgehead atoms. The molecule has 1 heterocycles. The summed E-state index contributed by atoms with van der Waals surface area (Å²) in [5, 5.41) is 9.21. The largest absolute Gasteiger partial charge is 0.488 e. The highest BCUT2D eigenvalue weighted by Gasteiger charge is 2.18. The van der Waals surface area contributed by atoms with E-state index in [0.717, 1.165) is 29.7 Å². The predicted molar refractivity (Wildman–Crippen MR) is 84.3 cm³/mol. The molecule has 0 unspecified atom stereocenters. The summed E-state index contributed by atoms with van der Waals surface area (Å²) in [6.07, 6.45) is 1.90. The van der Waals surface area contributed by atoms with Gasteiger partial charge in [0.2, 0.25) is 6.79 Å². The molecule has 0 saturated heterocycles. The van der Waals surface area contributed by atoms with Crippen molar-refractivity contribution in [1.29, 1.82) is 0 Å². The lowest BCUT2D eigenvalue weighted by atomic mass is 10.0. The van der Waals surface area contributed by atoms with Crippen LogP contribution in [0, 0.1) is 0 Å². The molecule has 5 nitrogen and oxygen atoms in total. The molecular formula is C18H18O5. The lowest BCUT2D eigenvalue weighted by molar-refractivity contribution is 0.0691. The number of ether oxygens (including phenoxy) is 3. The van der Waals surface area contributed by atoms with Gasteiger partial charge in [0.05, 0.1) is 0 Å². The number of aryl methyl sites for hydroxylation is 1. The van der Waals surface area contributed by atoms with Gasteiger partial charge in [0.25, 0.3) is 0 Å². The molecule has 1 N–H and O–H groups in total. The number of carboxylic acids is 1. The number of carboxylic acid groups (broad SMARTS) is 1. The first-order valence-corrected chi connectivity index (χ1v) is 7.55. The molecule has 0 amide bonds. The second-order valence-electron chi connectivity index (χ2n) is 5.31. The lowest BCUT2D eigenvalue weighted by Crippen LogP contribution is -2.05. The van der Waals surface area contributed by atoms with E-state index in [2.05, 4.69) is 6.92 Å². The maximum atomic E-state index is 11.2. The Labute approximate surface area is 134 Å². The Morgan fingerprint density at radius 1 is 1.17 bits per heavy atom.